The van der Waals surface area contributed by atoms with Crippen LogP contribution in [0.2, 0.25) is 0 Å². The maximum Gasteiger partial charge on any atom is 0.137 e. The predicted molar refractivity (Wildman–Crippen MR) is 49.7 cm³/mol. The van der Waals surface area contributed by atoms with E-state index in [1.807, 2.05) is 29.5 Å². The molecule has 0 unspecified atom stereocenters. The standard InChI is InChI=1S/C10H10N2O/c1-8-3-2-4-10-11-7-9(5-6-13)12(8)10/h2-4,6-7H,5H2,1H3. The second-order valence-corrected chi connectivity index (χ2v) is 2.98. The fourth-order valence-corrected chi connectivity index (χ4v) is 1.51. The van der Waals surface area contributed by atoms with Crippen molar-refractivity contribution in [2.75, 3.05) is 0 Å². The van der Waals surface area contributed by atoms with Crippen LogP contribution in [0.5, 0.6) is 0 Å². The molecule has 2 rings (SSSR count). The number of imidazole rings is 1. The Balaban J connectivity index is 2.70. The van der Waals surface area contributed by atoms with Gasteiger partial charge in [0.2, 0.25) is 0 Å². The number of aromatic nitrogens is 2. The van der Waals surface area contributed by atoms with Crippen LogP contribution < -0.4 is 0 Å². The number of carbonyl (C=O) groups excluding carboxylic acids is 1. The summed E-state index contributed by atoms with van der Waals surface area (Å²) in [7, 11) is 0. The van der Waals surface area contributed by atoms with Crippen molar-refractivity contribution in [1.82, 2.24) is 9.38 Å². The highest BCUT2D eigenvalue weighted by Crippen LogP contribution is 2.09. The lowest BCUT2D eigenvalue weighted by Crippen LogP contribution is -1.96. The lowest BCUT2D eigenvalue weighted by molar-refractivity contribution is -0.107. The van der Waals surface area contributed by atoms with Crippen molar-refractivity contribution >= 4 is 11.9 Å². The summed E-state index contributed by atoms with van der Waals surface area (Å²) in [6, 6.07) is 5.90. The number of pyridine rings is 1. The van der Waals surface area contributed by atoms with Gasteiger partial charge in [0.15, 0.2) is 0 Å². The molecule has 0 aliphatic rings. The van der Waals surface area contributed by atoms with E-state index in [1.54, 1.807) is 6.20 Å². The van der Waals surface area contributed by atoms with E-state index in [4.69, 9.17) is 0 Å². The zero-order valence-electron chi connectivity index (χ0n) is 7.40. The third-order valence-corrected chi connectivity index (χ3v) is 2.09. The Hall–Kier alpha value is -1.64. The minimum atomic E-state index is 0.423. The molecule has 0 bridgehead atoms. The molecule has 13 heavy (non-hydrogen) atoms. The van der Waals surface area contributed by atoms with Gasteiger partial charge >= 0.3 is 0 Å². The van der Waals surface area contributed by atoms with Crippen molar-refractivity contribution in [2.24, 2.45) is 0 Å². The quantitative estimate of drug-likeness (QED) is 0.645. The minimum Gasteiger partial charge on any atom is -0.303 e. The highest BCUT2D eigenvalue weighted by Gasteiger charge is 2.03. The van der Waals surface area contributed by atoms with Crippen LogP contribution in [0.25, 0.3) is 5.65 Å². The number of hydrogen-bond acceptors (Lipinski definition) is 2. The second-order valence-electron chi connectivity index (χ2n) is 2.98. The van der Waals surface area contributed by atoms with Crippen molar-refractivity contribution < 1.29 is 4.79 Å². The topological polar surface area (TPSA) is 34.4 Å². The molecule has 0 fully saturated rings. The van der Waals surface area contributed by atoms with Crippen LogP contribution in [-0.2, 0) is 11.2 Å². The van der Waals surface area contributed by atoms with Crippen LogP contribution >= 0.6 is 0 Å². The molecule has 2 aromatic heterocycles. The average Bonchev–Trinajstić information content (AvgIpc) is 2.51. The minimum absolute atomic E-state index is 0.423. The summed E-state index contributed by atoms with van der Waals surface area (Å²) in [6.07, 6.45) is 3.07. The van der Waals surface area contributed by atoms with Gasteiger partial charge in [-0.15, -0.1) is 0 Å². The first-order valence-electron chi connectivity index (χ1n) is 4.18. The molecule has 0 radical (unpaired) electrons. The molecule has 0 spiro atoms. The van der Waals surface area contributed by atoms with Crippen molar-refractivity contribution in [3.05, 3.63) is 35.8 Å². The molecule has 2 heterocycles. The van der Waals surface area contributed by atoms with Gasteiger partial charge in [-0.1, -0.05) is 6.07 Å². The Morgan fingerprint density at radius 2 is 2.38 bits per heavy atom. The maximum atomic E-state index is 10.4. The number of carbonyl (C=O) groups is 1. The summed E-state index contributed by atoms with van der Waals surface area (Å²) in [6.45, 7) is 2.00. The van der Waals surface area contributed by atoms with Gasteiger partial charge in [0.25, 0.3) is 0 Å². The number of nitrogens with zero attached hydrogens (tertiary/aromatic N) is 2. The molecular weight excluding hydrogens is 164 g/mol. The second kappa shape index (κ2) is 3.01. The van der Waals surface area contributed by atoms with Crippen LogP contribution in [0.1, 0.15) is 11.4 Å². The first kappa shape index (κ1) is 7.98. The first-order chi connectivity index (χ1) is 6.33. The van der Waals surface area contributed by atoms with E-state index in [2.05, 4.69) is 4.98 Å². The lowest BCUT2D eigenvalue weighted by Gasteiger charge is -2.01. The van der Waals surface area contributed by atoms with Gasteiger partial charge in [0.05, 0.1) is 0 Å². The zero-order chi connectivity index (χ0) is 9.26. The largest absolute Gasteiger partial charge is 0.303 e. The van der Waals surface area contributed by atoms with Crippen molar-refractivity contribution in [2.45, 2.75) is 13.3 Å². The third kappa shape index (κ3) is 1.22. The number of aldehydes is 1. The number of fused-ring (bicyclic) bond motifs is 1. The van der Waals surface area contributed by atoms with Crippen LogP contribution in [-0.4, -0.2) is 15.7 Å². The van der Waals surface area contributed by atoms with Crippen LogP contribution in [0.4, 0.5) is 0 Å². The van der Waals surface area contributed by atoms with Crippen molar-refractivity contribution in [3.8, 4) is 0 Å². The normalized spacial score (nSPS) is 10.5. The summed E-state index contributed by atoms with van der Waals surface area (Å²) in [5.74, 6) is 0. The highest BCUT2D eigenvalue weighted by molar-refractivity contribution is 5.55. The van der Waals surface area contributed by atoms with Crippen LogP contribution in [0.3, 0.4) is 0 Å². The molecule has 0 N–H and O–H groups in total. The summed E-state index contributed by atoms with van der Waals surface area (Å²) in [4.78, 5) is 14.6. The lowest BCUT2D eigenvalue weighted by atomic mass is 10.3. The molecule has 0 aliphatic carbocycles. The molecule has 0 saturated carbocycles. The fourth-order valence-electron chi connectivity index (χ4n) is 1.51. The van der Waals surface area contributed by atoms with Crippen LogP contribution in [0.15, 0.2) is 24.4 Å². The molecule has 0 atom stereocenters. The molecule has 0 saturated heterocycles. The molecule has 2 aromatic rings. The average molecular weight is 174 g/mol. The van der Waals surface area contributed by atoms with E-state index in [9.17, 15) is 4.79 Å². The van der Waals surface area contributed by atoms with Gasteiger partial charge in [-0.05, 0) is 19.1 Å². The van der Waals surface area contributed by atoms with Crippen LogP contribution in [0, 0.1) is 6.92 Å². The fraction of sp³-hybridized carbons (Fsp3) is 0.200. The Labute approximate surface area is 76.0 Å². The first-order valence-corrected chi connectivity index (χ1v) is 4.18. The van der Waals surface area contributed by atoms with Gasteiger partial charge < -0.3 is 9.20 Å². The summed E-state index contributed by atoms with van der Waals surface area (Å²) >= 11 is 0. The molecule has 0 amide bonds. The smallest absolute Gasteiger partial charge is 0.137 e. The van der Waals surface area contributed by atoms with E-state index in [0.29, 0.717) is 6.42 Å². The third-order valence-electron chi connectivity index (χ3n) is 2.09. The van der Waals surface area contributed by atoms with Gasteiger partial charge in [0, 0.05) is 24.0 Å². The van der Waals surface area contributed by atoms with E-state index >= 15 is 0 Å². The van der Waals surface area contributed by atoms with Gasteiger partial charge in [0.1, 0.15) is 11.9 Å². The maximum absolute atomic E-state index is 10.4. The van der Waals surface area contributed by atoms with Crippen molar-refractivity contribution in [3.63, 3.8) is 0 Å². The monoisotopic (exact) mass is 174 g/mol. The number of aryl methyl sites for hydroxylation is 1. The van der Waals surface area contributed by atoms with E-state index in [0.717, 1.165) is 23.3 Å². The van der Waals surface area contributed by atoms with E-state index < -0.39 is 0 Å². The summed E-state index contributed by atoms with van der Waals surface area (Å²) in [5.41, 5.74) is 2.95. The molecular formula is C10H10N2O. The Morgan fingerprint density at radius 3 is 3.15 bits per heavy atom. The molecule has 3 nitrogen and oxygen atoms in total. The van der Waals surface area contributed by atoms with E-state index in [1.165, 1.54) is 0 Å². The Kier molecular flexibility index (Phi) is 1.85. The summed E-state index contributed by atoms with van der Waals surface area (Å²) in [5, 5.41) is 0. The van der Waals surface area contributed by atoms with E-state index in [-0.39, 0.29) is 0 Å². The van der Waals surface area contributed by atoms with Gasteiger partial charge in [-0.25, -0.2) is 4.98 Å². The number of hydrogen-bond donors (Lipinski definition) is 0. The SMILES string of the molecule is Cc1cccc2ncc(CC=O)n12. The number of rotatable bonds is 2. The Bertz CT molecular complexity index is 445. The summed E-state index contributed by atoms with van der Waals surface area (Å²) < 4.78 is 1.99. The molecule has 0 aliphatic heterocycles. The molecule has 3 heteroatoms. The Morgan fingerprint density at radius 1 is 1.54 bits per heavy atom. The van der Waals surface area contributed by atoms with Gasteiger partial charge in [-0.3, -0.25) is 0 Å². The predicted octanol–water partition coefficient (Wildman–Crippen LogP) is 1.38. The van der Waals surface area contributed by atoms with Gasteiger partial charge in [-0.2, -0.15) is 0 Å². The highest BCUT2D eigenvalue weighted by atomic mass is 16.1. The zero-order valence-corrected chi connectivity index (χ0v) is 7.40. The molecule has 0 aromatic carbocycles. The molecule has 66 valence electrons. The van der Waals surface area contributed by atoms with Crippen molar-refractivity contribution in [1.29, 1.82) is 0 Å².